The maximum atomic E-state index is 11.4. The number of esters is 1. The fourth-order valence-corrected chi connectivity index (χ4v) is 1.94. The van der Waals surface area contributed by atoms with Gasteiger partial charge in [0.25, 0.3) is 0 Å². The summed E-state index contributed by atoms with van der Waals surface area (Å²) in [5, 5.41) is 10.5. The Hall–Kier alpha value is -1.10. The fraction of sp³-hybridized carbons (Fsp3) is 0.500. The van der Waals surface area contributed by atoms with Crippen molar-refractivity contribution in [1.29, 1.82) is 0 Å². The van der Waals surface area contributed by atoms with Gasteiger partial charge in [0.2, 0.25) is 0 Å². The van der Waals surface area contributed by atoms with E-state index in [1.54, 1.807) is 39.0 Å². The molecule has 4 nitrogen and oxygen atoms in total. The summed E-state index contributed by atoms with van der Waals surface area (Å²) in [5.41, 5.74) is 6.32. The summed E-state index contributed by atoms with van der Waals surface area (Å²) in [6.07, 6.45) is 0.0828. The first-order chi connectivity index (χ1) is 8.74. The molecule has 0 bridgehead atoms. The van der Waals surface area contributed by atoms with Crippen molar-refractivity contribution < 1.29 is 14.6 Å². The summed E-state index contributed by atoms with van der Waals surface area (Å²) >= 11 is 6.01. The Morgan fingerprint density at radius 3 is 2.63 bits per heavy atom. The minimum atomic E-state index is -1.01. The molecule has 0 aliphatic carbocycles. The molecule has 0 aromatic heterocycles. The summed E-state index contributed by atoms with van der Waals surface area (Å²) in [6.45, 7) is 5.41. The molecule has 1 aromatic rings. The number of ether oxygens (including phenoxy) is 1. The minimum Gasteiger partial charge on any atom is -0.466 e. The van der Waals surface area contributed by atoms with Crippen LogP contribution in [0.2, 0.25) is 5.02 Å². The number of nitrogens with two attached hydrogens (primary N) is 1. The number of halogens is 1. The van der Waals surface area contributed by atoms with Crippen LogP contribution in [0.25, 0.3) is 0 Å². The van der Waals surface area contributed by atoms with Crippen LogP contribution in [0.5, 0.6) is 0 Å². The van der Waals surface area contributed by atoms with Crippen LogP contribution >= 0.6 is 11.6 Å². The number of carbonyl (C=O) groups excluding carboxylic acids is 1. The molecule has 0 aliphatic heterocycles. The van der Waals surface area contributed by atoms with Crippen LogP contribution in [0.15, 0.2) is 18.2 Å². The number of hydrogen-bond acceptors (Lipinski definition) is 4. The molecule has 0 saturated heterocycles. The van der Waals surface area contributed by atoms with Crippen molar-refractivity contribution >= 4 is 17.6 Å². The van der Waals surface area contributed by atoms with Crippen molar-refractivity contribution in [2.24, 2.45) is 5.73 Å². The molecule has 0 spiro atoms. The van der Waals surface area contributed by atoms with Gasteiger partial charge in [-0.3, -0.25) is 4.79 Å². The first-order valence-electron chi connectivity index (χ1n) is 6.18. The molecule has 106 valence electrons. The van der Waals surface area contributed by atoms with Crippen LogP contribution in [0.1, 0.15) is 44.4 Å². The summed E-state index contributed by atoms with van der Waals surface area (Å²) in [5.74, 6) is -0.347. The van der Waals surface area contributed by atoms with Crippen LogP contribution in [0, 0.1) is 0 Å². The highest BCUT2D eigenvalue weighted by atomic mass is 35.5. The zero-order chi connectivity index (χ0) is 14.6. The molecule has 19 heavy (non-hydrogen) atoms. The molecule has 0 fully saturated rings. The van der Waals surface area contributed by atoms with Gasteiger partial charge < -0.3 is 15.6 Å². The van der Waals surface area contributed by atoms with Gasteiger partial charge in [-0.15, -0.1) is 0 Å². The second kappa shape index (κ2) is 6.37. The van der Waals surface area contributed by atoms with E-state index in [1.807, 2.05) is 0 Å². The van der Waals surface area contributed by atoms with E-state index in [0.29, 0.717) is 22.8 Å². The van der Waals surface area contributed by atoms with Crippen molar-refractivity contribution in [1.82, 2.24) is 0 Å². The zero-order valence-electron chi connectivity index (χ0n) is 11.4. The lowest BCUT2D eigenvalue weighted by Crippen LogP contribution is -2.20. The predicted molar refractivity (Wildman–Crippen MR) is 74.9 cm³/mol. The highest BCUT2D eigenvalue weighted by Crippen LogP contribution is 2.27. The second-order valence-electron chi connectivity index (χ2n) is 4.95. The highest BCUT2D eigenvalue weighted by molar-refractivity contribution is 6.30. The van der Waals surface area contributed by atoms with Crippen LogP contribution in [-0.2, 0) is 15.1 Å². The maximum absolute atomic E-state index is 11.4. The van der Waals surface area contributed by atoms with Crippen molar-refractivity contribution in [3.05, 3.63) is 34.3 Å². The average molecular weight is 286 g/mol. The van der Waals surface area contributed by atoms with Crippen molar-refractivity contribution in [2.75, 3.05) is 6.61 Å². The third-order valence-corrected chi connectivity index (χ3v) is 2.96. The molecule has 1 aromatic carbocycles. The van der Waals surface area contributed by atoms with Crippen molar-refractivity contribution in [3.8, 4) is 0 Å². The molecule has 1 rings (SSSR count). The largest absolute Gasteiger partial charge is 0.466 e. The predicted octanol–water partition coefficient (Wildman–Crippen LogP) is 2.52. The summed E-state index contributed by atoms with van der Waals surface area (Å²) in [4.78, 5) is 11.4. The summed E-state index contributed by atoms with van der Waals surface area (Å²) < 4.78 is 4.86. The molecule has 0 aliphatic rings. The third kappa shape index (κ3) is 4.82. The first-order valence-corrected chi connectivity index (χ1v) is 6.56. The van der Waals surface area contributed by atoms with Crippen LogP contribution in [0.4, 0.5) is 0 Å². The molecular weight excluding hydrogens is 266 g/mol. The monoisotopic (exact) mass is 285 g/mol. The van der Waals surface area contributed by atoms with Gasteiger partial charge in [0.15, 0.2) is 0 Å². The van der Waals surface area contributed by atoms with E-state index in [2.05, 4.69) is 0 Å². The Kier molecular flexibility index (Phi) is 5.35. The maximum Gasteiger partial charge on any atom is 0.307 e. The molecular formula is C14H20ClNO3. The SMILES string of the molecule is CCOC(=O)CC(N)c1cc(Cl)cc(C(C)(C)O)c1. The van der Waals surface area contributed by atoms with Gasteiger partial charge >= 0.3 is 5.97 Å². The first kappa shape index (κ1) is 16.0. The minimum absolute atomic E-state index is 0.0828. The molecule has 1 unspecified atom stereocenters. The van der Waals surface area contributed by atoms with E-state index in [9.17, 15) is 9.90 Å². The molecule has 0 heterocycles. The Balaban J connectivity index is 2.94. The fourth-order valence-electron chi connectivity index (χ4n) is 1.70. The third-order valence-electron chi connectivity index (χ3n) is 2.75. The van der Waals surface area contributed by atoms with Crippen LogP contribution in [-0.4, -0.2) is 17.7 Å². The van der Waals surface area contributed by atoms with Crippen molar-refractivity contribution in [3.63, 3.8) is 0 Å². The van der Waals surface area contributed by atoms with E-state index in [-0.39, 0.29) is 12.4 Å². The summed E-state index contributed by atoms with van der Waals surface area (Å²) in [6, 6.07) is 4.64. The quantitative estimate of drug-likeness (QED) is 0.816. The topological polar surface area (TPSA) is 72.5 Å². The van der Waals surface area contributed by atoms with Crippen LogP contribution < -0.4 is 5.73 Å². The normalized spacial score (nSPS) is 13.2. The Morgan fingerprint density at radius 1 is 1.47 bits per heavy atom. The molecule has 0 radical (unpaired) electrons. The Labute approximate surface area is 118 Å². The van der Waals surface area contributed by atoms with Gasteiger partial charge in [0.05, 0.1) is 18.6 Å². The second-order valence-corrected chi connectivity index (χ2v) is 5.38. The van der Waals surface area contributed by atoms with Gasteiger partial charge in [-0.25, -0.2) is 0 Å². The van der Waals surface area contributed by atoms with E-state index < -0.39 is 11.6 Å². The van der Waals surface area contributed by atoms with E-state index in [1.165, 1.54) is 0 Å². The molecule has 5 heteroatoms. The standard InChI is InChI=1S/C14H20ClNO3/c1-4-19-13(17)8-12(16)9-5-10(14(2,3)18)7-11(15)6-9/h5-7,12,18H,4,8,16H2,1-3H3. The number of benzene rings is 1. The van der Waals surface area contributed by atoms with E-state index >= 15 is 0 Å². The van der Waals surface area contributed by atoms with Gasteiger partial charge in [-0.05, 0) is 44.0 Å². The lowest BCUT2D eigenvalue weighted by atomic mass is 9.94. The van der Waals surface area contributed by atoms with Gasteiger partial charge in [0, 0.05) is 11.1 Å². The van der Waals surface area contributed by atoms with Gasteiger partial charge in [-0.1, -0.05) is 17.7 Å². The van der Waals surface area contributed by atoms with Crippen LogP contribution in [0.3, 0.4) is 0 Å². The Morgan fingerprint density at radius 2 is 2.11 bits per heavy atom. The average Bonchev–Trinajstić information content (AvgIpc) is 2.27. The Bertz CT molecular complexity index is 454. The molecule has 0 saturated carbocycles. The lowest BCUT2D eigenvalue weighted by Gasteiger charge is -2.21. The highest BCUT2D eigenvalue weighted by Gasteiger charge is 2.20. The number of aliphatic hydroxyl groups is 1. The van der Waals surface area contributed by atoms with Gasteiger partial charge in [-0.2, -0.15) is 0 Å². The molecule has 0 amide bonds. The molecule has 3 N–H and O–H groups in total. The number of carbonyl (C=O) groups is 1. The summed E-state index contributed by atoms with van der Waals surface area (Å²) in [7, 11) is 0. The van der Waals surface area contributed by atoms with E-state index in [0.717, 1.165) is 0 Å². The molecule has 1 atom stereocenters. The smallest absolute Gasteiger partial charge is 0.307 e. The lowest BCUT2D eigenvalue weighted by molar-refractivity contribution is -0.143. The van der Waals surface area contributed by atoms with E-state index in [4.69, 9.17) is 22.1 Å². The number of hydrogen-bond donors (Lipinski definition) is 2. The van der Waals surface area contributed by atoms with Gasteiger partial charge in [0.1, 0.15) is 0 Å². The van der Waals surface area contributed by atoms with Crippen molar-refractivity contribution in [2.45, 2.75) is 38.8 Å². The zero-order valence-corrected chi connectivity index (χ0v) is 12.2. The number of rotatable bonds is 5.